The van der Waals surface area contributed by atoms with Crippen LogP contribution in [-0.2, 0) is 4.79 Å². The number of carbonyl (C=O) groups is 2. The minimum atomic E-state index is -0.108. The third kappa shape index (κ3) is 3.89. The van der Waals surface area contributed by atoms with E-state index < -0.39 is 0 Å². The van der Waals surface area contributed by atoms with Gasteiger partial charge in [0.15, 0.2) is 5.01 Å². The maximum absolute atomic E-state index is 12.7. The zero-order chi connectivity index (χ0) is 19.0. The van der Waals surface area contributed by atoms with Crippen molar-refractivity contribution in [2.24, 2.45) is 5.92 Å². The van der Waals surface area contributed by atoms with Crippen LogP contribution in [0.1, 0.15) is 36.5 Å². The predicted octanol–water partition coefficient (Wildman–Crippen LogP) is 2.98. The van der Waals surface area contributed by atoms with Crippen molar-refractivity contribution in [3.05, 3.63) is 35.5 Å². The molecule has 2 N–H and O–H groups in total. The van der Waals surface area contributed by atoms with Gasteiger partial charge in [-0.3, -0.25) is 14.5 Å². The van der Waals surface area contributed by atoms with Crippen LogP contribution in [0.4, 0.5) is 5.69 Å². The first kappa shape index (κ1) is 18.1. The Labute approximate surface area is 163 Å². The van der Waals surface area contributed by atoms with E-state index in [1.54, 1.807) is 6.20 Å². The number of thiazole rings is 1. The molecule has 142 valence electrons. The van der Waals surface area contributed by atoms with Gasteiger partial charge in [0.1, 0.15) is 0 Å². The lowest BCUT2D eigenvalue weighted by atomic mass is 9.80. The predicted molar refractivity (Wildman–Crippen MR) is 107 cm³/mol. The van der Waals surface area contributed by atoms with Gasteiger partial charge in [-0.15, -0.1) is 11.3 Å². The minimum Gasteiger partial charge on any atom is -0.346 e. The number of fused-ring (bicyclic) bond motifs is 3. The quantitative estimate of drug-likeness (QED) is 0.850. The summed E-state index contributed by atoms with van der Waals surface area (Å²) in [5, 5.41) is 6.46. The van der Waals surface area contributed by atoms with Crippen molar-refractivity contribution >= 4 is 28.8 Å². The Bertz CT molecular complexity index is 865. The zero-order valence-corrected chi connectivity index (χ0v) is 16.4. The molecule has 3 saturated heterocycles. The molecule has 0 spiro atoms. The van der Waals surface area contributed by atoms with E-state index in [0.29, 0.717) is 17.0 Å². The van der Waals surface area contributed by atoms with Gasteiger partial charge in [-0.1, -0.05) is 12.1 Å². The van der Waals surface area contributed by atoms with Gasteiger partial charge in [0.25, 0.3) is 5.91 Å². The Balaban J connectivity index is 1.45. The third-order valence-electron chi connectivity index (χ3n) is 5.54. The SMILES string of the molecule is CC(=O)Nc1cccc(-c2cnc(C(=O)N[C@H]3CN4CCC3CC4C)s2)c1. The summed E-state index contributed by atoms with van der Waals surface area (Å²) < 4.78 is 0. The lowest BCUT2D eigenvalue weighted by Crippen LogP contribution is -2.60. The number of benzene rings is 1. The van der Waals surface area contributed by atoms with Crippen LogP contribution in [0.5, 0.6) is 0 Å². The number of piperidine rings is 3. The lowest BCUT2D eigenvalue weighted by Gasteiger charge is -2.48. The highest BCUT2D eigenvalue weighted by molar-refractivity contribution is 7.17. The fourth-order valence-corrected chi connectivity index (χ4v) is 4.97. The van der Waals surface area contributed by atoms with E-state index in [4.69, 9.17) is 0 Å². The normalized spacial score (nSPS) is 26.6. The van der Waals surface area contributed by atoms with Crippen molar-refractivity contribution in [1.82, 2.24) is 15.2 Å². The standard InChI is InChI=1S/C20H24N4O2S/c1-12-8-14-6-7-24(12)11-17(14)23-19(26)20-21-10-18(27-20)15-4-3-5-16(9-15)22-13(2)25/h3-5,9-10,12,14,17H,6-8,11H2,1-2H3,(H,22,25)(H,23,26)/t12?,14?,17-/m0/s1. The van der Waals surface area contributed by atoms with Crippen LogP contribution in [0.3, 0.4) is 0 Å². The van der Waals surface area contributed by atoms with Gasteiger partial charge in [-0.2, -0.15) is 0 Å². The molecule has 4 atom stereocenters. The first-order valence-corrected chi connectivity index (χ1v) is 10.2. The minimum absolute atomic E-state index is 0.0873. The molecule has 4 heterocycles. The first-order valence-electron chi connectivity index (χ1n) is 9.38. The monoisotopic (exact) mass is 384 g/mol. The number of anilines is 1. The van der Waals surface area contributed by atoms with Crippen LogP contribution in [0, 0.1) is 5.92 Å². The molecule has 27 heavy (non-hydrogen) atoms. The third-order valence-corrected chi connectivity index (χ3v) is 6.58. The van der Waals surface area contributed by atoms with Crippen LogP contribution >= 0.6 is 11.3 Å². The Kier molecular flexibility index (Phi) is 4.97. The molecule has 3 aliphatic rings. The number of hydrogen-bond acceptors (Lipinski definition) is 5. The molecule has 2 amide bonds. The first-order chi connectivity index (χ1) is 13.0. The fourth-order valence-electron chi connectivity index (χ4n) is 4.16. The number of rotatable bonds is 4. The number of carbonyl (C=O) groups excluding carboxylic acids is 2. The number of nitrogens with one attached hydrogen (secondary N) is 2. The van der Waals surface area contributed by atoms with E-state index >= 15 is 0 Å². The van der Waals surface area contributed by atoms with E-state index in [1.807, 2.05) is 24.3 Å². The molecule has 3 fully saturated rings. The molecule has 7 heteroatoms. The van der Waals surface area contributed by atoms with Crippen LogP contribution in [-0.4, -0.2) is 46.9 Å². The highest BCUT2D eigenvalue weighted by Gasteiger charge is 2.39. The average Bonchev–Trinajstić information content (AvgIpc) is 3.13. The highest BCUT2D eigenvalue weighted by Crippen LogP contribution is 2.33. The second kappa shape index (κ2) is 7.40. The van der Waals surface area contributed by atoms with Crippen molar-refractivity contribution in [3.8, 4) is 10.4 Å². The van der Waals surface area contributed by atoms with Gasteiger partial charge in [0.2, 0.25) is 5.91 Å². The highest BCUT2D eigenvalue weighted by atomic mass is 32.1. The van der Waals surface area contributed by atoms with Gasteiger partial charge in [-0.25, -0.2) is 4.98 Å². The number of hydrogen-bond donors (Lipinski definition) is 2. The van der Waals surface area contributed by atoms with Crippen molar-refractivity contribution in [2.75, 3.05) is 18.4 Å². The van der Waals surface area contributed by atoms with Crippen molar-refractivity contribution in [3.63, 3.8) is 0 Å². The molecule has 0 saturated carbocycles. The maximum atomic E-state index is 12.7. The summed E-state index contributed by atoms with van der Waals surface area (Å²) in [4.78, 5) is 31.6. The Morgan fingerprint density at radius 2 is 2.19 bits per heavy atom. The van der Waals surface area contributed by atoms with Crippen molar-refractivity contribution in [2.45, 2.75) is 38.8 Å². The average molecular weight is 385 g/mol. The summed E-state index contributed by atoms with van der Waals surface area (Å²) in [7, 11) is 0. The number of aromatic nitrogens is 1. The zero-order valence-electron chi connectivity index (χ0n) is 15.6. The maximum Gasteiger partial charge on any atom is 0.280 e. The van der Waals surface area contributed by atoms with Crippen molar-refractivity contribution < 1.29 is 9.59 Å². The molecule has 3 aliphatic heterocycles. The van der Waals surface area contributed by atoms with Crippen LogP contribution in [0.2, 0.25) is 0 Å². The van der Waals surface area contributed by atoms with E-state index in [-0.39, 0.29) is 17.9 Å². The van der Waals surface area contributed by atoms with Gasteiger partial charge in [0, 0.05) is 37.4 Å². The largest absolute Gasteiger partial charge is 0.346 e. The molecule has 3 unspecified atom stereocenters. The summed E-state index contributed by atoms with van der Waals surface area (Å²) in [6.07, 6.45) is 4.05. The number of amides is 2. The molecular formula is C20H24N4O2S. The smallest absolute Gasteiger partial charge is 0.280 e. The summed E-state index contributed by atoms with van der Waals surface area (Å²) >= 11 is 1.38. The summed E-state index contributed by atoms with van der Waals surface area (Å²) in [5.41, 5.74) is 1.68. The van der Waals surface area contributed by atoms with Crippen LogP contribution in [0.15, 0.2) is 30.5 Å². The Morgan fingerprint density at radius 3 is 2.89 bits per heavy atom. The second-order valence-corrected chi connectivity index (χ2v) is 8.53. The van der Waals surface area contributed by atoms with Gasteiger partial charge in [0.05, 0.1) is 4.88 Å². The van der Waals surface area contributed by atoms with Gasteiger partial charge in [-0.05, 0) is 49.9 Å². The summed E-state index contributed by atoms with van der Waals surface area (Å²) in [6, 6.07) is 8.42. The molecular weight excluding hydrogens is 360 g/mol. The molecule has 5 rings (SSSR count). The molecule has 2 aromatic rings. The Morgan fingerprint density at radius 1 is 1.33 bits per heavy atom. The molecule has 1 aromatic heterocycles. The van der Waals surface area contributed by atoms with E-state index in [2.05, 4.69) is 27.4 Å². The topological polar surface area (TPSA) is 74.3 Å². The summed E-state index contributed by atoms with van der Waals surface area (Å²) in [5.74, 6) is 0.377. The molecule has 6 nitrogen and oxygen atoms in total. The summed E-state index contributed by atoms with van der Waals surface area (Å²) in [6.45, 7) is 5.84. The fraction of sp³-hybridized carbons (Fsp3) is 0.450. The molecule has 0 radical (unpaired) electrons. The van der Waals surface area contributed by atoms with Gasteiger partial charge < -0.3 is 10.6 Å². The van der Waals surface area contributed by atoms with E-state index in [0.717, 1.165) is 42.1 Å². The molecule has 2 bridgehead atoms. The Hall–Kier alpha value is -2.25. The van der Waals surface area contributed by atoms with E-state index in [9.17, 15) is 9.59 Å². The molecule has 1 aromatic carbocycles. The van der Waals surface area contributed by atoms with Gasteiger partial charge >= 0.3 is 0 Å². The van der Waals surface area contributed by atoms with Crippen LogP contribution < -0.4 is 10.6 Å². The van der Waals surface area contributed by atoms with Crippen molar-refractivity contribution in [1.29, 1.82) is 0 Å². The van der Waals surface area contributed by atoms with E-state index in [1.165, 1.54) is 18.3 Å². The molecule has 0 aliphatic carbocycles. The lowest BCUT2D eigenvalue weighted by molar-refractivity contribution is -0.114. The number of nitrogens with zero attached hydrogens (tertiary/aromatic N) is 2. The van der Waals surface area contributed by atoms with Crippen LogP contribution in [0.25, 0.3) is 10.4 Å². The second-order valence-electron chi connectivity index (χ2n) is 7.50.